The van der Waals surface area contributed by atoms with Crippen molar-refractivity contribution >= 4 is 46.8 Å². The van der Waals surface area contributed by atoms with Crippen LogP contribution in [0.1, 0.15) is 0 Å². The minimum atomic E-state index is -0.258. The number of thioether (sulfide) groups is 1. The second-order valence-corrected chi connectivity index (χ2v) is 5.84. The Balaban J connectivity index is 2.28. The van der Waals surface area contributed by atoms with Crippen LogP contribution in [0.2, 0.25) is 10.0 Å². The van der Waals surface area contributed by atoms with Crippen LogP contribution < -0.4 is 10.6 Å². The van der Waals surface area contributed by atoms with Gasteiger partial charge in [-0.25, -0.2) is 0 Å². The van der Waals surface area contributed by atoms with Gasteiger partial charge in [0.05, 0.1) is 23.9 Å². The van der Waals surface area contributed by atoms with E-state index in [1.54, 1.807) is 25.3 Å². The van der Waals surface area contributed by atoms with Crippen molar-refractivity contribution in [2.24, 2.45) is 0 Å². The fourth-order valence-electron chi connectivity index (χ4n) is 1.32. The molecule has 0 bridgehead atoms. The van der Waals surface area contributed by atoms with Crippen molar-refractivity contribution in [3.8, 4) is 0 Å². The molecular weight excluding hydrogens is 335 g/mol. The van der Waals surface area contributed by atoms with Crippen LogP contribution >= 0.6 is 35.0 Å². The highest BCUT2D eigenvalue weighted by Gasteiger charge is 2.08. The fourth-order valence-corrected chi connectivity index (χ4v) is 2.64. The first-order chi connectivity index (χ1) is 10.0. The standard InChI is InChI=1S/C13H16Cl2N2O3S/c1-20-5-4-16-12(18)7-17-13(19)8-21-11-6-9(14)2-3-10(11)15/h2-3,6H,4-5,7-8H2,1H3,(H,16,18)(H,17,19). The SMILES string of the molecule is COCCNC(=O)CNC(=O)CSc1cc(Cl)ccc1Cl. The summed E-state index contributed by atoms with van der Waals surface area (Å²) in [6.45, 7) is 0.785. The molecule has 0 aliphatic heterocycles. The molecule has 0 spiro atoms. The molecule has 0 heterocycles. The van der Waals surface area contributed by atoms with Crippen molar-refractivity contribution in [3.63, 3.8) is 0 Å². The number of amides is 2. The van der Waals surface area contributed by atoms with Gasteiger partial charge in [0, 0.05) is 23.6 Å². The molecule has 0 unspecified atom stereocenters. The normalized spacial score (nSPS) is 10.2. The molecule has 21 heavy (non-hydrogen) atoms. The lowest BCUT2D eigenvalue weighted by Gasteiger charge is -2.07. The van der Waals surface area contributed by atoms with Gasteiger partial charge in [0.2, 0.25) is 11.8 Å². The first-order valence-corrected chi connectivity index (χ1v) is 7.87. The number of halogens is 2. The van der Waals surface area contributed by atoms with Crippen molar-refractivity contribution in [1.29, 1.82) is 0 Å². The molecule has 0 aromatic heterocycles. The number of hydrogen-bond acceptors (Lipinski definition) is 4. The largest absolute Gasteiger partial charge is 0.383 e. The van der Waals surface area contributed by atoms with Crippen LogP contribution in [-0.4, -0.2) is 44.4 Å². The van der Waals surface area contributed by atoms with Crippen LogP contribution in [0.15, 0.2) is 23.1 Å². The second kappa shape index (κ2) is 9.89. The maximum Gasteiger partial charge on any atom is 0.239 e. The van der Waals surface area contributed by atoms with E-state index in [0.717, 1.165) is 4.90 Å². The molecule has 1 aromatic rings. The summed E-state index contributed by atoms with van der Waals surface area (Å²) in [4.78, 5) is 23.7. The zero-order chi connectivity index (χ0) is 15.7. The quantitative estimate of drug-likeness (QED) is 0.555. The Labute approximate surface area is 137 Å². The molecule has 0 atom stereocenters. The molecule has 1 aromatic carbocycles. The van der Waals surface area contributed by atoms with Crippen molar-refractivity contribution in [2.75, 3.05) is 32.6 Å². The molecule has 0 aliphatic rings. The number of benzene rings is 1. The Hall–Kier alpha value is -0.950. The van der Waals surface area contributed by atoms with Crippen molar-refractivity contribution in [2.45, 2.75) is 4.90 Å². The Bertz CT molecular complexity index is 500. The van der Waals surface area contributed by atoms with Gasteiger partial charge in [-0.15, -0.1) is 11.8 Å². The van der Waals surface area contributed by atoms with Crippen molar-refractivity contribution < 1.29 is 14.3 Å². The smallest absolute Gasteiger partial charge is 0.239 e. The molecule has 0 aliphatic carbocycles. The van der Waals surface area contributed by atoms with Gasteiger partial charge >= 0.3 is 0 Å². The summed E-state index contributed by atoms with van der Waals surface area (Å²) in [5.41, 5.74) is 0. The Morgan fingerprint density at radius 3 is 2.71 bits per heavy atom. The van der Waals surface area contributed by atoms with Crippen molar-refractivity contribution in [1.82, 2.24) is 10.6 Å². The average Bonchev–Trinajstić information content (AvgIpc) is 2.46. The highest BCUT2D eigenvalue weighted by atomic mass is 35.5. The number of ether oxygens (including phenoxy) is 1. The van der Waals surface area contributed by atoms with Gasteiger partial charge in [-0.1, -0.05) is 23.2 Å². The number of rotatable bonds is 8. The molecular formula is C13H16Cl2N2O3S. The predicted molar refractivity (Wildman–Crippen MR) is 85.1 cm³/mol. The van der Waals surface area contributed by atoms with Crippen molar-refractivity contribution in [3.05, 3.63) is 28.2 Å². The third kappa shape index (κ3) is 7.57. The number of carbonyl (C=O) groups is 2. The van der Waals surface area contributed by atoms with Gasteiger partial charge < -0.3 is 15.4 Å². The minimum absolute atomic E-state index is 0.0631. The maximum absolute atomic E-state index is 11.6. The Kier molecular flexibility index (Phi) is 8.52. The van der Waals surface area contributed by atoms with Crippen LogP contribution in [0, 0.1) is 0 Å². The predicted octanol–water partition coefficient (Wildman–Crippen LogP) is 1.96. The summed E-state index contributed by atoms with van der Waals surface area (Å²) in [6, 6.07) is 5.05. The van der Waals surface area contributed by atoms with Gasteiger partial charge in [-0.3, -0.25) is 9.59 Å². The van der Waals surface area contributed by atoms with Crippen LogP contribution in [0.5, 0.6) is 0 Å². The highest BCUT2D eigenvalue weighted by Crippen LogP contribution is 2.29. The lowest BCUT2D eigenvalue weighted by molar-refractivity contribution is -0.124. The lowest BCUT2D eigenvalue weighted by Crippen LogP contribution is -2.38. The Morgan fingerprint density at radius 1 is 1.24 bits per heavy atom. The van der Waals surface area contributed by atoms with E-state index in [2.05, 4.69) is 10.6 Å². The summed E-state index contributed by atoms with van der Waals surface area (Å²) in [7, 11) is 1.55. The summed E-state index contributed by atoms with van der Waals surface area (Å²) in [5.74, 6) is -0.352. The molecule has 0 radical (unpaired) electrons. The number of methoxy groups -OCH3 is 1. The third-order valence-electron chi connectivity index (χ3n) is 2.33. The molecule has 0 fully saturated rings. The molecule has 2 N–H and O–H groups in total. The molecule has 116 valence electrons. The van der Waals surface area contributed by atoms with E-state index in [0.29, 0.717) is 23.2 Å². The third-order valence-corrected chi connectivity index (χ3v) is 4.06. The van der Waals surface area contributed by atoms with Crippen LogP contribution in [0.25, 0.3) is 0 Å². The molecule has 1 rings (SSSR count). The molecule has 0 saturated carbocycles. The van der Waals surface area contributed by atoms with Gasteiger partial charge in [-0.05, 0) is 18.2 Å². The topological polar surface area (TPSA) is 67.4 Å². The van der Waals surface area contributed by atoms with E-state index < -0.39 is 0 Å². The van der Waals surface area contributed by atoms with Gasteiger partial charge in [0.15, 0.2) is 0 Å². The van der Waals surface area contributed by atoms with Gasteiger partial charge in [0.25, 0.3) is 0 Å². The maximum atomic E-state index is 11.6. The summed E-state index contributed by atoms with van der Waals surface area (Å²) in [6.07, 6.45) is 0. The average molecular weight is 351 g/mol. The molecule has 0 saturated heterocycles. The zero-order valence-electron chi connectivity index (χ0n) is 11.4. The lowest BCUT2D eigenvalue weighted by atomic mass is 10.4. The first-order valence-electron chi connectivity index (χ1n) is 6.13. The first kappa shape index (κ1) is 18.1. The monoisotopic (exact) mass is 350 g/mol. The van der Waals surface area contributed by atoms with Crippen LogP contribution in [-0.2, 0) is 14.3 Å². The van der Waals surface area contributed by atoms with E-state index in [4.69, 9.17) is 27.9 Å². The molecule has 2 amide bonds. The highest BCUT2D eigenvalue weighted by molar-refractivity contribution is 8.00. The fraction of sp³-hybridized carbons (Fsp3) is 0.385. The number of hydrogen-bond donors (Lipinski definition) is 2. The molecule has 5 nitrogen and oxygen atoms in total. The summed E-state index contributed by atoms with van der Waals surface area (Å²) in [5, 5.41) is 6.22. The molecule has 8 heteroatoms. The van der Waals surface area contributed by atoms with E-state index in [9.17, 15) is 9.59 Å². The minimum Gasteiger partial charge on any atom is -0.383 e. The summed E-state index contributed by atoms with van der Waals surface area (Å²) < 4.78 is 4.80. The number of carbonyl (C=O) groups excluding carboxylic acids is 2. The van der Waals surface area contributed by atoms with Crippen LogP contribution in [0.3, 0.4) is 0 Å². The van der Waals surface area contributed by atoms with Crippen LogP contribution in [0.4, 0.5) is 0 Å². The van der Waals surface area contributed by atoms with Gasteiger partial charge in [-0.2, -0.15) is 0 Å². The number of nitrogens with one attached hydrogen (secondary N) is 2. The second-order valence-electron chi connectivity index (χ2n) is 3.98. The zero-order valence-corrected chi connectivity index (χ0v) is 13.8. The van der Waals surface area contributed by atoms with E-state index >= 15 is 0 Å². The Morgan fingerprint density at radius 2 is 2.00 bits per heavy atom. The van der Waals surface area contributed by atoms with E-state index in [1.807, 2.05) is 0 Å². The van der Waals surface area contributed by atoms with E-state index in [-0.39, 0.29) is 24.1 Å². The van der Waals surface area contributed by atoms with E-state index in [1.165, 1.54) is 11.8 Å². The van der Waals surface area contributed by atoms with Gasteiger partial charge in [0.1, 0.15) is 0 Å². The summed E-state index contributed by atoms with van der Waals surface area (Å²) >= 11 is 13.1.